The van der Waals surface area contributed by atoms with Gasteiger partial charge in [0.05, 0.1) is 4.90 Å². The molecule has 0 bridgehead atoms. The van der Waals surface area contributed by atoms with Crippen LogP contribution in [0.4, 0.5) is 5.82 Å². The van der Waals surface area contributed by atoms with E-state index in [9.17, 15) is 8.42 Å². The fourth-order valence-corrected chi connectivity index (χ4v) is 5.85. The SMILES string of the molecule is Cc1cc(-c2cn(S(=O)(=O)c3ccccc3)c3ncccc23)cc(NC2CCCCC2)n1. The van der Waals surface area contributed by atoms with Crippen LogP contribution in [-0.4, -0.2) is 28.4 Å². The van der Waals surface area contributed by atoms with E-state index in [-0.39, 0.29) is 4.90 Å². The number of aryl methyl sites for hydroxylation is 1. The molecule has 1 N–H and O–H groups in total. The van der Waals surface area contributed by atoms with Gasteiger partial charge >= 0.3 is 0 Å². The lowest BCUT2D eigenvalue weighted by molar-refractivity contribution is 0.462. The molecule has 3 aromatic heterocycles. The number of fused-ring (bicyclic) bond motifs is 1. The van der Waals surface area contributed by atoms with Crippen molar-refractivity contribution < 1.29 is 8.42 Å². The van der Waals surface area contributed by atoms with Crippen molar-refractivity contribution in [3.8, 4) is 11.1 Å². The van der Waals surface area contributed by atoms with Crippen LogP contribution in [0, 0.1) is 6.92 Å². The van der Waals surface area contributed by atoms with E-state index < -0.39 is 10.0 Å². The Balaban J connectivity index is 1.61. The first-order valence-corrected chi connectivity index (χ1v) is 12.5. The summed E-state index contributed by atoms with van der Waals surface area (Å²) in [7, 11) is -3.77. The van der Waals surface area contributed by atoms with Crippen LogP contribution >= 0.6 is 0 Å². The van der Waals surface area contributed by atoms with E-state index in [1.165, 1.54) is 23.2 Å². The second kappa shape index (κ2) is 8.39. The highest BCUT2D eigenvalue weighted by molar-refractivity contribution is 7.90. The van der Waals surface area contributed by atoms with Gasteiger partial charge in [-0.25, -0.2) is 22.4 Å². The maximum Gasteiger partial charge on any atom is 0.269 e. The summed E-state index contributed by atoms with van der Waals surface area (Å²) in [5.74, 6) is 0.836. The Bertz CT molecular complexity index is 1360. The molecular weight excluding hydrogens is 420 g/mol. The Kier molecular flexibility index (Phi) is 5.43. The summed E-state index contributed by atoms with van der Waals surface area (Å²) < 4.78 is 28.1. The first kappa shape index (κ1) is 20.7. The zero-order valence-electron chi connectivity index (χ0n) is 18.0. The normalized spacial score (nSPS) is 15.2. The number of rotatable bonds is 5. The predicted octanol–water partition coefficient (Wildman–Crippen LogP) is 5.39. The summed E-state index contributed by atoms with van der Waals surface area (Å²) in [5, 5.41) is 4.38. The maximum atomic E-state index is 13.4. The molecule has 3 heterocycles. The molecule has 6 nitrogen and oxygen atoms in total. The average molecular weight is 447 g/mol. The van der Waals surface area contributed by atoms with E-state index in [1.807, 2.05) is 31.2 Å². The molecule has 0 aliphatic heterocycles. The molecule has 0 saturated heterocycles. The Morgan fingerprint density at radius 3 is 2.56 bits per heavy atom. The molecule has 5 rings (SSSR count). The molecule has 4 aromatic rings. The average Bonchev–Trinajstić information content (AvgIpc) is 3.21. The molecule has 0 atom stereocenters. The van der Waals surface area contributed by atoms with E-state index in [4.69, 9.17) is 0 Å². The Labute approximate surface area is 188 Å². The highest BCUT2D eigenvalue weighted by atomic mass is 32.2. The number of hydrogen-bond acceptors (Lipinski definition) is 5. The van der Waals surface area contributed by atoms with Gasteiger partial charge in [-0.2, -0.15) is 0 Å². The summed E-state index contributed by atoms with van der Waals surface area (Å²) in [6.07, 6.45) is 9.40. The highest BCUT2D eigenvalue weighted by Crippen LogP contribution is 2.33. The van der Waals surface area contributed by atoms with Crippen molar-refractivity contribution in [2.75, 3.05) is 5.32 Å². The molecule has 1 aliphatic rings. The minimum Gasteiger partial charge on any atom is -0.367 e. The van der Waals surface area contributed by atoms with Crippen LogP contribution in [0.2, 0.25) is 0 Å². The van der Waals surface area contributed by atoms with E-state index in [2.05, 4.69) is 15.3 Å². The lowest BCUT2D eigenvalue weighted by Crippen LogP contribution is -2.22. The van der Waals surface area contributed by atoms with Crippen molar-refractivity contribution >= 4 is 26.9 Å². The van der Waals surface area contributed by atoms with Gasteiger partial charge in [0.1, 0.15) is 5.82 Å². The van der Waals surface area contributed by atoms with Gasteiger partial charge in [0.2, 0.25) is 0 Å². The second-order valence-corrected chi connectivity index (χ2v) is 10.2. The molecule has 164 valence electrons. The molecule has 1 fully saturated rings. The number of hydrogen-bond donors (Lipinski definition) is 1. The van der Waals surface area contributed by atoms with Crippen molar-refractivity contribution in [2.45, 2.75) is 50.0 Å². The van der Waals surface area contributed by atoms with Crippen molar-refractivity contribution in [2.24, 2.45) is 0 Å². The Morgan fingerprint density at radius 2 is 1.78 bits per heavy atom. The number of anilines is 1. The summed E-state index contributed by atoms with van der Waals surface area (Å²) >= 11 is 0. The standard InChI is InChI=1S/C25H26N4O2S/c1-18-15-19(16-24(27-18)28-20-9-4-2-5-10-20)23-17-29(25-22(23)13-8-14-26-25)32(30,31)21-11-6-3-7-12-21/h3,6-8,11-17,20H,2,4-5,9-10H2,1H3,(H,27,28). The van der Waals surface area contributed by atoms with Crippen molar-refractivity contribution in [3.63, 3.8) is 0 Å². The molecule has 7 heteroatoms. The molecule has 1 saturated carbocycles. The molecule has 1 aromatic carbocycles. The fraction of sp³-hybridized carbons (Fsp3) is 0.280. The van der Waals surface area contributed by atoms with Gasteiger partial charge in [0.25, 0.3) is 10.0 Å². The minimum atomic E-state index is -3.77. The van der Waals surface area contributed by atoms with Crippen LogP contribution in [0.15, 0.2) is 71.9 Å². The summed E-state index contributed by atoms with van der Waals surface area (Å²) in [5.41, 5.74) is 3.06. The lowest BCUT2D eigenvalue weighted by Gasteiger charge is -2.23. The fourth-order valence-electron chi connectivity index (χ4n) is 4.50. The van der Waals surface area contributed by atoms with Crippen molar-refractivity contribution in [1.29, 1.82) is 0 Å². The van der Waals surface area contributed by atoms with Crippen LogP contribution in [0.3, 0.4) is 0 Å². The zero-order chi connectivity index (χ0) is 22.1. The predicted molar refractivity (Wildman–Crippen MR) is 127 cm³/mol. The van der Waals surface area contributed by atoms with E-state index in [1.54, 1.807) is 42.7 Å². The summed E-state index contributed by atoms with van der Waals surface area (Å²) in [6.45, 7) is 1.97. The minimum absolute atomic E-state index is 0.236. The van der Waals surface area contributed by atoms with Gasteiger partial charge in [-0.15, -0.1) is 0 Å². The van der Waals surface area contributed by atoms with Gasteiger partial charge in [-0.3, -0.25) is 0 Å². The second-order valence-electron chi connectivity index (χ2n) is 8.39. The third-order valence-electron chi connectivity index (χ3n) is 6.05. The van der Waals surface area contributed by atoms with Gasteiger partial charge in [-0.1, -0.05) is 37.5 Å². The van der Waals surface area contributed by atoms with Crippen LogP contribution in [0.25, 0.3) is 22.2 Å². The molecule has 0 spiro atoms. The van der Waals surface area contributed by atoms with Crippen LogP contribution in [-0.2, 0) is 10.0 Å². The zero-order valence-corrected chi connectivity index (χ0v) is 18.8. The quantitative estimate of drug-likeness (QED) is 0.445. The van der Waals surface area contributed by atoms with E-state index >= 15 is 0 Å². The third-order valence-corrected chi connectivity index (χ3v) is 7.72. The molecular formula is C25H26N4O2S. The van der Waals surface area contributed by atoms with E-state index in [0.29, 0.717) is 11.7 Å². The first-order valence-electron chi connectivity index (χ1n) is 11.0. The third kappa shape index (κ3) is 3.88. The van der Waals surface area contributed by atoms with Crippen molar-refractivity contribution in [1.82, 2.24) is 13.9 Å². The van der Waals surface area contributed by atoms with Gasteiger partial charge in [0, 0.05) is 35.1 Å². The molecule has 0 radical (unpaired) electrons. The van der Waals surface area contributed by atoms with Gasteiger partial charge in [-0.05, 0) is 61.7 Å². The Hall–Kier alpha value is -3.19. The summed E-state index contributed by atoms with van der Waals surface area (Å²) in [6, 6.07) is 16.7. The van der Waals surface area contributed by atoms with E-state index in [0.717, 1.165) is 40.9 Å². The number of nitrogens with zero attached hydrogens (tertiary/aromatic N) is 3. The number of benzene rings is 1. The monoisotopic (exact) mass is 446 g/mol. The molecule has 1 aliphatic carbocycles. The summed E-state index contributed by atoms with van der Waals surface area (Å²) in [4.78, 5) is 9.33. The highest BCUT2D eigenvalue weighted by Gasteiger charge is 2.23. The topological polar surface area (TPSA) is 76.9 Å². The van der Waals surface area contributed by atoms with Crippen LogP contribution in [0.1, 0.15) is 37.8 Å². The van der Waals surface area contributed by atoms with Gasteiger partial charge < -0.3 is 5.32 Å². The maximum absolute atomic E-state index is 13.4. The number of pyridine rings is 2. The number of nitrogens with one attached hydrogen (secondary N) is 1. The van der Waals surface area contributed by atoms with Crippen LogP contribution in [0.5, 0.6) is 0 Å². The molecule has 0 amide bonds. The first-order chi connectivity index (χ1) is 15.5. The molecule has 32 heavy (non-hydrogen) atoms. The Morgan fingerprint density at radius 1 is 1.00 bits per heavy atom. The van der Waals surface area contributed by atoms with Crippen LogP contribution < -0.4 is 5.32 Å². The van der Waals surface area contributed by atoms with Gasteiger partial charge in [0.15, 0.2) is 5.65 Å². The van der Waals surface area contributed by atoms with Crippen molar-refractivity contribution in [3.05, 3.63) is 72.7 Å². The lowest BCUT2D eigenvalue weighted by atomic mass is 9.95. The largest absolute Gasteiger partial charge is 0.367 e. The smallest absolute Gasteiger partial charge is 0.269 e. The molecule has 0 unspecified atom stereocenters. The number of aromatic nitrogens is 3.